The fraction of sp³-hybridized carbons (Fsp3) is 0.188. The largest absolute Gasteiger partial charge is 0.375 e. The number of hydrogen-bond acceptors (Lipinski definition) is 4. The van der Waals surface area contributed by atoms with Crippen LogP contribution in [0, 0.1) is 0 Å². The van der Waals surface area contributed by atoms with Crippen LogP contribution in [0.5, 0.6) is 0 Å². The molecule has 0 aliphatic heterocycles. The van der Waals surface area contributed by atoms with Gasteiger partial charge in [0.2, 0.25) is 5.91 Å². The number of pyridine rings is 1. The number of aromatic nitrogens is 1. The van der Waals surface area contributed by atoms with Gasteiger partial charge in [-0.1, -0.05) is 18.2 Å². The summed E-state index contributed by atoms with van der Waals surface area (Å²) in [7, 11) is 1.46. The molecule has 2 amide bonds. The van der Waals surface area contributed by atoms with Crippen molar-refractivity contribution in [1.82, 2.24) is 10.3 Å². The third-order valence-corrected chi connectivity index (χ3v) is 2.94. The summed E-state index contributed by atoms with van der Waals surface area (Å²) in [5, 5.41) is 5.55. The maximum atomic E-state index is 12.1. The topological polar surface area (TPSA) is 80.3 Å². The monoisotopic (exact) mass is 299 g/mol. The molecule has 6 heteroatoms. The number of ether oxygens (including phenoxy) is 1. The van der Waals surface area contributed by atoms with Crippen molar-refractivity contribution in [3.63, 3.8) is 0 Å². The Morgan fingerprint density at radius 3 is 2.73 bits per heavy atom. The van der Waals surface area contributed by atoms with E-state index in [0.29, 0.717) is 17.8 Å². The number of amides is 2. The van der Waals surface area contributed by atoms with Gasteiger partial charge in [-0.3, -0.25) is 14.6 Å². The van der Waals surface area contributed by atoms with Gasteiger partial charge < -0.3 is 15.4 Å². The Morgan fingerprint density at radius 1 is 1.18 bits per heavy atom. The lowest BCUT2D eigenvalue weighted by Gasteiger charge is -2.11. The van der Waals surface area contributed by atoms with Crippen LogP contribution in [0.4, 0.5) is 5.69 Å². The Bertz CT molecular complexity index is 644. The fourth-order valence-electron chi connectivity index (χ4n) is 1.86. The molecule has 22 heavy (non-hydrogen) atoms. The van der Waals surface area contributed by atoms with Gasteiger partial charge >= 0.3 is 0 Å². The van der Waals surface area contributed by atoms with Crippen molar-refractivity contribution in [3.05, 3.63) is 59.9 Å². The highest BCUT2D eigenvalue weighted by Crippen LogP contribution is 2.16. The van der Waals surface area contributed by atoms with Gasteiger partial charge in [0.15, 0.2) is 0 Å². The summed E-state index contributed by atoms with van der Waals surface area (Å²) < 4.78 is 4.76. The lowest BCUT2D eigenvalue weighted by atomic mass is 10.1. The van der Waals surface area contributed by atoms with Crippen LogP contribution < -0.4 is 10.6 Å². The molecular weight excluding hydrogens is 282 g/mol. The molecule has 2 rings (SSSR count). The minimum atomic E-state index is -0.247. The third-order valence-electron chi connectivity index (χ3n) is 2.94. The van der Waals surface area contributed by atoms with Crippen LogP contribution in [0.1, 0.15) is 15.9 Å². The van der Waals surface area contributed by atoms with Gasteiger partial charge in [-0.25, -0.2) is 0 Å². The van der Waals surface area contributed by atoms with Crippen LogP contribution >= 0.6 is 0 Å². The van der Waals surface area contributed by atoms with Crippen molar-refractivity contribution in [3.8, 4) is 0 Å². The predicted molar refractivity (Wildman–Crippen MR) is 82.4 cm³/mol. The van der Waals surface area contributed by atoms with E-state index in [1.807, 2.05) is 18.2 Å². The van der Waals surface area contributed by atoms with E-state index in [1.54, 1.807) is 24.4 Å². The molecule has 0 spiro atoms. The number of carbonyl (C=O) groups is 2. The molecule has 0 radical (unpaired) electrons. The minimum absolute atomic E-state index is 0.00418. The SMILES string of the molecule is COCC(=O)NCc1ccccc1NC(=O)c1cccnc1. The van der Waals surface area contributed by atoms with Gasteiger partial charge in [0, 0.05) is 31.7 Å². The minimum Gasteiger partial charge on any atom is -0.375 e. The molecular formula is C16H17N3O3. The standard InChI is InChI=1S/C16H17N3O3/c1-22-11-15(20)18-10-12-5-2-3-7-14(12)19-16(21)13-6-4-8-17-9-13/h2-9H,10-11H2,1H3,(H,18,20)(H,19,21). The van der Waals surface area contributed by atoms with Gasteiger partial charge in [-0.15, -0.1) is 0 Å². The molecule has 114 valence electrons. The van der Waals surface area contributed by atoms with Gasteiger partial charge in [0.05, 0.1) is 5.56 Å². The molecule has 0 fully saturated rings. The van der Waals surface area contributed by atoms with Crippen molar-refractivity contribution in [2.45, 2.75) is 6.54 Å². The zero-order valence-electron chi connectivity index (χ0n) is 12.2. The zero-order chi connectivity index (χ0) is 15.8. The van der Waals surface area contributed by atoms with Crippen molar-refractivity contribution >= 4 is 17.5 Å². The molecule has 0 atom stereocenters. The summed E-state index contributed by atoms with van der Waals surface area (Å²) in [6.45, 7) is 0.315. The smallest absolute Gasteiger partial charge is 0.257 e. The number of nitrogens with zero attached hydrogens (tertiary/aromatic N) is 1. The molecule has 6 nitrogen and oxygen atoms in total. The normalized spacial score (nSPS) is 10.0. The van der Waals surface area contributed by atoms with Crippen LogP contribution in [0.15, 0.2) is 48.8 Å². The number of methoxy groups -OCH3 is 1. The first-order valence-corrected chi connectivity index (χ1v) is 6.75. The van der Waals surface area contributed by atoms with Gasteiger partial charge in [0.25, 0.3) is 5.91 Å². The number of hydrogen-bond donors (Lipinski definition) is 2. The van der Waals surface area contributed by atoms with Crippen LogP contribution in [0.25, 0.3) is 0 Å². The molecule has 0 aliphatic carbocycles. The maximum Gasteiger partial charge on any atom is 0.257 e. The summed E-state index contributed by atoms with van der Waals surface area (Å²) in [5.74, 6) is -0.459. The predicted octanol–water partition coefficient (Wildman–Crippen LogP) is 1.60. The number of para-hydroxylation sites is 1. The van der Waals surface area contributed by atoms with E-state index in [9.17, 15) is 9.59 Å². The van der Waals surface area contributed by atoms with Crippen molar-refractivity contribution in [2.24, 2.45) is 0 Å². The second-order valence-corrected chi connectivity index (χ2v) is 4.56. The number of nitrogens with one attached hydrogen (secondary N) is 2. The summed E-state index contributed by atoms with van der Waals surface area (Å²) in [5.41, 5.74) is 1.93. The number of benzene rings is 1. The van der Waals surface area contributed by atoms with Gasteiger partial charge in [-0.05, 0) is 23.8 Å². The molecule has 1 aromatic carbocycles. The van der Waals surface area contributed by atoms with E-state index in [2.05, 4.69) is 15.6 Å². The average molecular weight is 299 g/mol. The van der Waals surface area contributed by atoms with E-state index in [4.69, 9.17) is 4.74 Å². The highest BCUT2D eigenvalue weighted by atomic mass is 16.5. The first kappa shape index (κ1) is 15.7. The highest BCUT2D eigenvalue weighted by Gasteiger charge is 2.09. The molecule has 0 aliphatic rings. The second-order valence-electron chi connectivity index (χ2n) is 4.56. The summed E-state index contributed by atoms with van der Waals surface area (Å²) >= 11 is 0. The molecule has 2 aromatic rings. The number of anilines is 1. The van der Waals surface area contributed by atoms with Gasteiger partial charge in [0.1, 0.15) is 6.61 Å². The molecule has 0 saturated carbocycles. The van der Waals surface area contributed by atoms with Crippen LogP contribution in [0.2, 0.25) is 0 Å². The van der Waals surface area contributed by atoms with E-state index in [1.165, 1.54) is 13.3 Å². The third kappa shape index (κ3) is 4.39. The maximum absolute atomic E-state index is 12.1. The first-order valence-electron chi connectivity index (χ1n) is 6.75. The van der Waals surface area contributed by atoms with E-state index >= 15 is 0 Å². The molecule has 2 N–H and O–H groups in total. The molecule has 1 aromatic heterocycles. The lowest BCUT2D eigenvalue weighted by Crippen LogP contribution is -2.27. The Morgan fingerprint density at radius 2 is 2.00 bits per heavy atom. The highest BCUT2D eigenvalue weighted by molar-refractivity contribution is 6.04. The summed E-state index contributed by atoms with van der Waals surface area (Å²) in [6, 6.07) is 10.7. The van der Waals surface area contributed by atoms with E-state index in [0.717, 1.165) is 5.56 Å². The number of carbonyl (C=O) groups excluding carboxylic acids is 2. The average Bonchev–Trinajstić information content (AvgIpc) is 2.55. The second kappa shape index (κ2) is 7.90. The quantitative estimate of drug-likeness (QED) is 0.849. The fourth-order valence-corrected chi connectivity index (χ4v) is 1.86. The molecule has 0 bridgehead atoms. The van der Waals surface area contributed by atoms with E-state index in [-0.39, 0.29) is 18.4 Å². The van der Waals surface area contributed by atoms with Gasteiger partial charge in [-0.2, -0.15) is 0 Å². The lowest BCUT2D eigenvalue weighted by molar-refractivity contribution is -0.124. The summed E-state index contributed by atoms with van der Waals surface area (Å²) in [4.78, 5) is 27.5. The number of rotatable bonds is 6. The Balaban J connectivity index is 2.05. The van der Waals surface area contributed by atoms with Crippen LogP contribution in [-0.2, 0) is 16.1 Å². The molecule has 1 heterocycles. The Kier molecular flexibility index (Phi) is 5.62. The van der Waals surface area contributed by atoms with Crippen LogP contribution in [0.3, 0.4) is 0 Å². The van der Waals surface area contributed by atoms with Crippen molar-refractivity contribution < 1.29 is 14.3 Å². The Hall–Kier alpha value is -2.73. The van der Waals surface area contributed by atoms with Crippen molar-refractivity contribution in [1.29, 1.82) is 0 Å². The summed E-state index contributed by atoms with van der Waals surface area (Å²) in [6.07, 6.45) is 3.11. The zero-order valence-corrected chi connectivity index (χ0v) is 12.2. The van der Waals surface area contributed by atoms with E-state index < -0.39 is 0 Å². The molecule has 0 saturated heterocycles. The van der Waals surface area contributed by atoms with Crippen LogP contribution in [-0.4, -0.2) is 30.5 Å². The Labute approximate surface area is 128 Å². The molecule has 0 unspecified atom stereocenters. The van der Waals surface area contributed by atoms with Crippen molar-refractivity contribution in [2.75, 3.05) is 19.0 Å². The first-order chi connectivity index (χ1) is 10.7.